The Labute approximate surface area is 202 Å². The van der Waals surface area contributed by atoms with E-state index in [1.54, 1.807) is 0 Å². The first-order chi connectivity index (χ1) is 16.3. The number of carboxylic acids is 1. The van der Waals surface area contributed by atoms with Crippen molar-refractivity contribution >= 4 is 23.6 Å². The fourth-order valence-corrected chi connectivity index (χ4v) is 4.23. The van der Waals surface area contributed by atoms with Crippen LogP contribution in [0.4, 0.5) is 0 Å². The minimum atomic E-state index is -0.783. The predicted octanol–water partition coefficient (Wildman–Crippen LogP) is 5.02. The molecule has 0 aromatic heterocycles. The third-order valence-electron chi connectivity index (χ3n) is 5.99. The van der Waals surface area contributed by atoms with Gasteiger partial charge in [0.05, 0.1) is 18.3 Å². The topological polar surface area (TPSA) is 86.0 Å². The van der Waals surface area contributed by atoms with Crippen LogP contribution in [0.15, 0.2) is 48.0 Å². The molecule has 0 aliphatic carbocycles. The molecule has 6 heteroatoms. The van der Waals surface area contributed by atoms with E-state index in [1.165, 1.54) is 17.3 Å². The van der Waals surface area contributed by atoms with Gasteiger partial charge in [0, 0.05) is 18.8 Å². The van der Waals surface area contributed by atoms with Gasteiger partial charge in [-0.2, -0.15) is 0 Å². The molecule has 2 N–H and O–H groups in total. The van der Waals surface area contributed by atoms with Gasteiger partial charge in [0.25, 0.3) is 0 Å². The SMILES string of the molecule is C=C(N=C(C)c1ccc(OC(C)C)c(CCC=N)c1)c1ccc2c(c1)CCN(CC(=O)O)CC2. The molecule has 0 amide bonds. The maximum atomic E-state index is 11.1. The summed E-state index contributed by atoms with van der Waals surface area (Å²) in [4.78, 5) is 17.9. The number of nitrogens with zero attached hydrogens (tertiary/aromatic N) is 2. The minimum absolute atomic E-state index is 0.0832. The number of aryl methyl sites for hydroxylation is 1. The minimum Gasteiger partial charge on any atom is -0.491 e. The van der Waals surface area contributed by atoms with Gasteiger partial charge in [-0.3, -0.25) is 14.7 Å². The Hall–Kier alpha value is -3.25. The van der Waals surface area contributed by atoms with Crippen LogP contribution in [0.3, 0.4) is 0 Å². The Morgan fingerprint density at radius 1 is 1.18 bits per heavy atom. The predicted molar refractivity (Wildman–Crippen MR) is 138 cm³/mol. The molecule has 0 bridgehead atoms. The molecule has 2 aromatic carbocycles. The largest absolute Gasteiger partial charge is 0.491 e. The molecule has 0 saturated carbocycles. The van der Waals surface area contributed by atoms with Gasteiger partial charge in [-0.05, 0) is 105 Å². The second-order valence-electron chi connectivity index (χ2n) is 9.03. The number of aliphatic carboxylic acids is 1. The molecule has 0 saturated heterocycles. The van der Waals surface area contributed by atoms with Crippen LogP contribution in [0.25, 0.3) is 5.70 Å². The summed E-state index contributed by atoms with van der Waals surface area (Å²) in [7, 11) is 0. The van der Waals surface area contributed by atoms with Crippen molar-refractivity contribution in [2.45, 2.75) is 52.6 Å². The lowest BCUT2D eigenvalue weighted by atomic mass is 9.99. The number of aliphatic imine (C=N–C) groups is 1. The molecular formula is C28H35N3O3. The number of carboxylic acid groups (broad SMARTS) is 1. The van der Waals surface area contributed by atoms with Gasteiger partial charge in [0.15, 0.2) is 0 Å². The van der Waals surface area contributed by atoms with E-state index in [-0.39, 0.29) is 12.6 Å². The van der Waals surface area contributed by atoms with E-state index in [0.29, 0.717) is 12.1 Å². The Bertz CT molecular complexity index is 1090. The van der Waals surface area contributed by atoms with E-state index in [4.69, 9.17) is 20.2 Å². The molecule has 0 unspecified atom stereocenters. The highest BCUT2D eigenvalue weighted by molar-refractivity contribution is 6.01. The number of hydrogen-bond acceptors (Lipinski definition) is 5. The van der Waals surface area contributed by atoms with Gasteiger partial charge in [-0.15, -0.1) is 0 Å². The molecule has 3 rings (SSSR count). The van der Waals surface area contributed by atoms with Crippen molar-refractivity contribution in [3.63, 3.8) is 0 Å². The zero-order valence-electron chi connectivity index (χ0n) is 20.4. The first kappa shape index (κ1) is 25.4. The standard InChI is InChI=1S/C28H35N3O3/c1-19(2)34-27-10-9-24(17-26(27)6-5-13-29)21(4)30-20(3)23-8-7-22-11-14-31(18-28(32)33)15-12-25(22)16-23/h7-10,13,16-17,19,29H,3,5-6,11-12,14-15,18H2,1-2,4H3,(H,32,33). The number of carbonyl (C=O) groups is 1. The van der Waals surface area contributed by atoms with Gasteiger partial charge in [0.2, 0.25) is 0 Å². The molecule has 0 fully saturated rings. The summed E-state index contributed by atoms with van der Waals surface area (Å²) in [5.41, 5.74) is 7.15. The monoisotopic (exact) mass is 461 g/mol. The maximum Gasteiger partial charge on any atom is 0.317 e. The molecule has 6 nitrogen and oxygen atoms in total. The van der Waals surface area contributed by atoms with Crippen LogP contribution >= 0.6 is 0 Å². The smallest absolute Gasteiger partial charge is 0.317 e. The molecule has 1 aliphatic rings. The van der Waals surface area contributed by atoms with Crippen LogP contribution in [-0.4, -0.2) is 53.6 Å². The molecular weight excluding hydrogens is 426 g/mol. The second-order valence-corrected chi connectivity index (χ2v) is 9.03. The summed E-state index contributed by atoms with van der Waals surface area (Å²) in [5, 5.41) is 16.5. The highest BCUT2D eigenvalue weighted by Crippen LogP contribution is 2.26. The highest BCUT2D eigenvalue weighted by atomic mass is 16.5. The van der Waals surface area contributed by atoms with E-state index in [2.05, 4.69) is 30.8 Å². The molecule has 1 aliphatic heterocycles. The number of fused-ring (bicyclic) bond motifs is 1. The van der Waals surface area contributed by atoms with E-state index >= 15 is 0 Å². The summed E-state index contributed by atoms with van der Waals surface area (Å²) < 4.78 is 5.95. The average molecular weight is 462 g/mol. The van der Waals surface area contributed by atoms with Gasteiger partial charge < -0.3 is 15.3 Å². The van der Waals surface area contributed by atoms with Crippen molar-refractivity contribution in [2.75, 3.05) is 19.6 Å². The quantitative estimate of drug-likeness (QED) is 0.487. The van der Waals surface area contributed by atoms with Crippen molar-refractivity contribution in [2.24, 2.45) is 4.99 Å². The fourth-order valence-electron chi connectivity index (χ4n) is 4.23. The summed E-state index contributed by atoms with van der Waals surface area (Å²) in [5.74, 6) is 0.0736. The second kappa shape index (κ2) is 11.7. The average Bonchev–Trinajstić information content (AvgIpc) is 2.99. The first-order valence-electron chi connectivity index (χ1n) is 11.9. The van der Waals surface area contributed by atoms with E-state index < -0.39 is 5.97 Å². The first-order valence-corrected chi connectivity index (χ1v) is 11.9. The molecule has 0 atom stereocenters. The lowest BCUT2D eigenvalue weighted by molar-refractivity contribution is -0.138. The normalized spacial score (nSPS) is 14.4. The van der Waals surface area contributed by atoms with Gasteiger partial charge in [-0.25, -0.2) is 0 Å². The van der Waals surface area contributed by atoms with Crippen molar-refractivity contribution in [1.29, 1.82) is 5.41 Å². The molecule has 1 heterocycles. The van der Waals surface area contributed by atoms with Gasteiger partial charge >= 0.3 is 5.97 Å². The summed E-state index contributed by atoms with van der Waals surface area (Å²) in [6.07, 6.45) is 4.59. The van der Waals surface area contributed by atoms with Crippen molar-refractivity contribution in [3.8, 4) is 5.75 Å². The number of rotatable bonds is 10. The van der Waals surface area contributed by atoms with Crippen LogP contribution in [0.5, 0.6) is 5.75 Å². The molecule has 2 aromatic rings. The lowest BCUT2D eigenvalue weighted by Gasteiger charge is -2.16. The molecule has 180 valence electrons. The summed E-state index contributed by atoms with van der Waals surface area (Å²) >= 11 is 0. The highest BCUT2D eigenvalue weighted by Gasteiger charge is 2.17. The molecule has 34 heavy (non-hydrogen) atoms. The van der Waals surface area contributed by atoms with Crippen LogP contribution in [-0.2, 0) is 24.1 Å². The lowest BCUT2D eigenvalue weighted by Crippen LogP contribution is -2.31. The third-order valence-corrected chi connectivity index (χ3v) is 5.99. The van der Waals surface area contributed by atoms with Crippen LogP contribution in [0, 0.1) is 5.41 Å². The Kier molecular flexibility index (Phi) is 8.77. The van der Waals surface area contributed by atoms with Crippen LogP contribution in [0.2, 0.25) is 0 Å². The third kappa shape index (κ3) is 6.87. The van der Waals surface area contributed by atoms with E-state index in [9.17, 15) is 4.79 Å². The van der Waals surface area contributed by atoms with Crippen molar-refractivity contribution in [3.05, 3.63) is 70.8 Å². The Balaban J connectivity index is 1.79. The molecule has 0 radical (unpaired) electrons. The Morgan fingerprint density at radius 2 is 1.88 bits per heavy atom. The van der Waals surface area contributed by atoms with E-state index in [0.717, 1.165) is 60.5 Å². The number of nitrogens with one attached hydrogen (secondary N) is 1. The number of hydrogen-bond donors (Lipinski definition) is 2. The van der Waals surface area contributed by atoms with Crippen LogP contribution < -0.4 is 4.74 Å². The maximum absolute atomic E-state index is 11.1. The van der Waals surface area contributed by atoms with Crippen LogP contribution in [0.1, 0.15) is 55.0 Å². The zero-order valence-corrected chi connectivity index (χ0v) is 20.4. The van der Waals surface area contributed by atoms with Crippen molar-refractivity contribution < 1.29 is 14.6 Å². The molecule has 0 spiro atoms. The number of ether oxygens (including phenoxy) is 1. The van der Waals surface area contributed by atoms with Gasteiger partial charge in [0.1, 0.15) is 5.75 Å². The van der Waals surface area contributed by atoms with Crippen molar-refractivity contribution in [1.82, 2.24) is 4.90 Å². The zero-order chi connectivity index (χ0) is 24.7. The van der Waals surface area contributed by atoms with Gasteiger partial charge in [-0.1, -0.05) is 18.7 Å². The summed E-state index contributed by atoms with van der Waals surface area (Å²) in [6, 6.07) is 12.4. The Morgan fingerprint density at radius 3 is 2.56 bits per heavy atom. The van der Waals surface area contributed by atoms with E-state index in [1.807, 2.05) is 37.8 Å². The summed E-state index contributed by atoms with van der Waals surface area (Å²) in [6.45, 7) is 11.8. The fraction of sp³-hybridized carbons (Fsp3) is 0.393. The number of benzene rings is 2.